The summed E-state index contributed by atoms with van der Waals surface area (Å²) in [6, 6.07) is 23.7. The highest BCUT2D eigenvalue weighted by Crippen LogP contribution is 2.22. The second-order valence-electron chi connectivity index (χ2n) is 7.07. The summed E-state index contributed by atoms with van der Waals surface area (Å²) in [5, 5.41) is 11.9. The standard InChI is InChI=1S/C23H20N8/c24-18-7-4-8-19(12-18)28-22-25-15-26-23(30-22)29-20-9-10-21-17(11-20)13-27-31(21)14-16-5-2-1-3-6-16/h1-13,15H,14,24H2,(H2,25,26,28,29,30). The van der Waals surface area contributed by atoms with E-state index in [4.69, 9.17) is 5.73 Å². The molecule has 0 aliphatic heterocycles. The van der Waals surface area contributed by atoms with E-state index in [0.717, 1.165) is 28.8 Å². The lowest BCUT2D eigenvalue weighted by molar-refractivity contribution is 0.712. The number of fused-ring (bicyclic) bond motifs is 1. The Morgan fingerprint density at radius 2 is 1.58 bits per heavy atom. The number of nitrogen functional groups attached to an aromatic ring is 1. The van der Waals surface area contributed by atoms with Gasteiger partial charge in [-0.15, -0.1) is 0 Å². The number of nitrogens with two attached hydrogens (primary N) is 1. The normalized spacial score (nSPS) is 10.8. The monoisotopic (exact) mass is 408 g/mol. The van der Waals surface area contributed by atoms with Crippen molar-refractivity contribution in [3.05, 3.63) is 90.9 Å². The number of anilines is 5. The lowest BCUT2D eigenvalue weighted by Gasteiger charge is -2.08. The summed E-state index contributed by atoms with van der Waals surface area (Å²) in [6.07, 6.45) is 3.32. The molecule has 0 amide bonds. The van der Waals surface area contributed by atoms with Gasteiger partial charge in [0.1, 0.15) is 6.33 Å². The van der Waals surface area contributed by atoms with E-state index < -0.39 is 0 Å². The molecule has 2 aromatic heterocycles. The van der Waals surface area contributed by atoms with Crippen molar-refractivity contribution < 1.29 is 0 Å². The van der Waals surface area contributed by atoms with Gasteiger partial charge in [0.15, 0.2) is 0 Å². The first-order valence-corrected chi connectivity index (χ1v) is 9.81. The van der Waals surface area contributed by atoms with Crippen LogP contribution in [0.4, 0.5) is 29.0 Å². The Balaban J connectivity index is 1.33. The van der Waals surface area contributed by atoms with Crippen LogP contribution >= 0.6 is 0 Å². The van der Waals surface area contributed by atoms with E-state index in [1.54, 1.807) is 0 Å². The lowest BCUT2D eigenvalue weighted by atomic mass is 10.2. The van der Waals surface area contributed by atoms with E-state index in [9.17, 15) is 0 Å². The highest BCUT2D eigenvalue weighted by Gasteiger charge is 2.07. The van der Waals surface area contributed by atoms with Crippen molar-refractivity contribution in [3.63, 3.8) is 0 Å². The fourth-order valence-electron chi connectivity index (χ4n) is 3.34. The van der Waals surface area contributed by atoms with Gasteiger partial charge in [-0.2, -0.15) is 10.1 Å². The van der Waals surface area contributed by atoms with Crippen LogP contribution in [-0.4, -0.2) is 24.7 Å². The second-order valence-corrected chi connectivity index (χ2v) is 7.07. The summed E-state index contributed by atoms with van der Waals surface area (Å²) in [7, 11) is 0. The van der Waals surface area contributed by atoms with Gasteiger partial charge in [-0.25, -0.2) is 9.97 Å². The molecule has 4 N–H and O–H groups in total. The third-order valence-electron chi connectivity index (χ3n) is 4.79. The molecule has 0 aliphatic carbocycles. The van der Waals surface area contributed by atoms with E-state index in [1.165, 1.54) is 11.9 Å². The fourth-order valence-corrected chi connectivity index (χ4v) is 3.34. The van der Waals surface area contributed by atoms with Crippen molar-refractivity contribution >= 4 is 39.9 Å². The third kappa shape index (κ3) is 4.27. The van der Waals surface area contributed by atoms with Gasteiger partial charge < -0.3 is 16.4 Å². The molecular weight excluding hydrogens is 388 g/mol. The maximum atomic E-state index is 5.82. The molecule has 152 valence electrons. The molecule has 0 radical (unpaired) electrons. The van der Waals surface area contributed by atoms with Crippen molar-refractivity contribution in [1.82, 2.24) is 24.7 Å². The van der Waals surface area contributed by atoms with Crippen LogP contribution in [0.2, 0.25) is 0 Å². The maximum Gasteiger partial charge on any atom is 0.232 e. The van der Waals surface area contributed by atoms with Gasteiger partial charge in [-0.1, -0.05) is 36.4 Å². The molecular formula is C23H20N8. The van der Waals surface area contributed by atoms with Crippen LogP contribution in [0.3, 0.4) is 0 Å². The zero-order valence-corrected chi connectivity index (χ0v) is 16.6. The van der Waals surface area contributed by atoms with Crippen LogP contribution in [0.15, 0.2) is 85.3 Å². The summed E-state index contributed by atoms with van der Waals surface area (Å²) in [6.45, 7) is 0.726. The molecule has 3 aromatic carbocycles. The molecule has 8 nitrogen and oxygen atoms in total. The van der Waals surface area contributed by atoms with Gasteiger partial charge in [0, 0.05) is 22.4 Å². The first kappa shape index (κ1) is 18.6. The highest BCUT2D eigenvalue weighted by atomic mass is 15.3. The number of nitrogens with one attached hydrogen (secondary N) is 2. The Kier molecular flexibility index (Phi) is 4.86. The van der Waals surface area contributed by atoms with E-state index in [-0.39, 0.29) is 0 Å². The van der Waals surface area contributed by atoms with Crippen molar-refractivity contribution in [1.29, 1.82) is 0 Å². The minimum atomic E-state index is 0.430. The van der Waals surface area contributed by atoms with Gasteiger partial charge in [0.25, 0.3) is 0 Å². The predicted octanol–water partition coefficient (Wildman–Crippen LogP) is 4.34. The molecule has 0 unspecified atom stereocenters. The number of rotatable bonds is 6. The number of benzene rings is 3. The molecule has 0 fully saturated rings. The van der Waals surface area contributed by atoms with E-state index in [2.05, 4.69) is 42.8 Å². The smallest absolute Gasteiger partial charge is 0.232 e. The van der Waals surface area contributed by atoms with Crippen LogP contribution in [-0.2, 0) is 6.54 Å². The average Bonchev–Trinajstić information content (AvgIpc) is 3.17. The minimum Gasteiger partial charge on any atom is -0.399 e. The van der Waals surface area contributed by atoms with Gasteiger partial charge in [-0.05, 0) is 42.0 Å². The molecule has 0 saturated heterocycles. The fraction of sp³-hybridized carbons (Fsp3) is 0.0435. The molecule has 2 heterocycles. The maximum absolute atomic E-state index is 5.82. The average molecular weight is 408 g/mol. The second kappa shape index (κ2) is 8.11. The minimum absolute atomic E-state index is 0.430. The largest absolute Gasteiger partial charge is 0.399 e. The summed E-state index contributed by atoms with van der Waals surface area (Å²) >= 11 is 0. The predicted molar refractivity (Wildman–Crippen MR) is 123 cm³/mol. The molecule has 8 heteroatoms. The van der Waals surface area contributed by atoms with Crippen molar-refractivity contribution in [2.45, 2.75) is 6.54 Å². The SMILES string of the molecule is Nc1cccc(Nc2ncnc(Nc3ccc4c(cnn4Cc4ccccc4)c3)n2)c1. The molecule has 0 aliphatic rings. The van der Waals surface area contributed by atoms with Crippen LogP contribution in [0, 0.1) is 0 Å². The number of nitrogens with zero attached hydrogens (tertiary/aromatic N) is 5. The first-order chi connectivity index (χ1) is 15.2. The van der Waals surface area contributed by atoms with Crippen LogP contribution in [0.5, 0.6) is 0 Å². The number of aromatic nitrogens is 5. The third-order valence-corrected chi connectivity index (χ3v) is 4.79. The zero-order valence-electron chi connectivity index (χ0n) is 16.6. The molecule has 0 bridgehead atoms. The summed E-state index contributed by atoms with van der Waals surface area (Å²) < 4.78 is 1.99. The number of hydrogen-bond acceptors (Lipinski definition) is 7. The topological polar surface area (TPSA) is 107 Å². The molecule has 5 rings (SSSR count). The zero-order chi connectivity index (χ0) is 21.0. The highest BCUT2D eigenvalue weighted by molar-refractivity contribution is 5.83. The summed E-state index contributed by atoms with van der Waals surface area (Å²) in [5.41, 5.74) is 10.4. The van der Waals surface area contributed by atoms with Gasteiger partial charge in [0.05, 0.1) is 18.3 Å². The Hall–Kier alpha value is -4.46. The van der Waals surface area contributed by atoms with Crippen molar-refractivity contribution in [2.24, 2.45) is 0 Å². The summed E-state index contributed by atoms with van der Waals surface area (Å²) in [5.74, 6) is 0.872. The quantitative estimate of drug-likeness (QED) is 0.359. The van der Waals surface area contributed by atoms with E-state index in [1.807, 2.05) is 71.5 Å². The van der Waals surface area contributed by atoms with Crippen LogP contribution in [0.25, 0.3) is 10.9 Å². The molecule has 5 aromatic rings. The molecule has 0 atom stereocenters. The van der Waals surface area contributed by atoms with Gasteiger partial charge in [0.2, 0.25) is 11.9 Å². The van der Waals surface area contributed by atoms with E-state index >= 15 is 0 Å². The van der Waals surface area contributed by atoms with Crippen molar-refractivity contribution in [2.75, 3.05) is 16.4 Å². The lowest BCUT2D eigenvalue weighted by Crippen LogP contribution is -2.03. The Morgan fingerprint density at radius 3 is 2.35 bits per heavy atom. The molecule has 0 spiro atoms. The summed E-state index contributed by atoms with van der Waals surface area (Å²) in [4.78, 5) is 12.8. The van der Waals surface area contributed by atoms with Crippen LogP contribution in [0.1, 0.15) is 5.56 Å². The van der Waals surface area contributed by atoms with E-state index in [0.29, 0.717) is 17.6 Å². The van der Waals surface area contributed by atoms with Gasteiger partial charge >= 0.3 is 0 Å². The Bertz CT molecular complexity index is 1330. The first-order valence-electron chi connectivity index (χ1n) is 9.81. The molecule has 0 saturated carbocycles. The number of hydrogen-bond donors (Lipinski definition) is 3. The Labute approximate surface area is 178 Å². The Morgan fingerprint density at radius 1 is 0.806 bits per heavy atom. The van der Waals surface area contributed by atoms with Crippen molar-refractivity contribution in [3.8, 4) is 0 Å². The van der Waals surface area contributed by atoms with Gasteiger partial charge in [-0.3, -0.25) is 4.68 Å². The van der Waals surface area contributed by atoms with Crippen LogP contribution < -0.4 is 16.4 Å². The molecule has 31 heavy (non-hydrogen) atoms.